The molecule has 0 N–H and O–H groups in total. The molecule has 4 heteroatoms. The van der Waals surface area contributed by atoms with Crippen LogP contribution in [-0.2, 0) is 13.5 Å². The lowest BCUT2D eigenvalue weighted by molar-refractivity contribution is -0.644. The molecule has 4 rings (SSSR count). The molecule has 0 amide bonds. The summed E-state index contributed by atoms with van der Waals surface area (Å²) >= 11 is 0. The zero-order valence-electron chi connectivity index (χ0n) is 15.7. The Morgan fingerprint density at radius 2 is 2.00 bits per heavy atom. The number of rotatable bonds is 3. The molecule has 0 unspecified atom stereocenters. The van der Waals surface area contributed by atoms with Gasteiger partial charge in [0.05, 0.1) is 17.3 Å². The van der Waals surface area contributed by atoms with Crippen molar-refractivity contribution in [2.24, 2.45) is 12.1 Å². The molecule has 0 atom stereocenters. The Morgan fingerprint density at radius 1 is 1.15 bits per heavy atom. The lowest BCUT2D eigenvalue weighted by atomic mass is 10.0. The van der Waals surface area contributed by atoms with E-state index in [1.54, 1.807) is 0 Å². The van der Waals surface area contributed by atoms with Crippen LogP contribution in [0.2, 0.25) is 0 Å². The molecular weight excluding hydrogens is 320 g/mol. The summed E-state index contributed by atoms with van der Waals surface area (Å²) < 4.78 is 2.14. The SMILES string of the molecule is CN1CCCc2cc(N(C)N=Cc3cc[n+](C)c4ccccc34)ccc21. The van der Waals surface area contributed by atoms with Gasteiger partial charge in [0.1, 0.15) is 7.05 Å². The topological polar surface area (TPSA) is 22.7 Å². The van der Waals surface area contributed by atoms with Gasteiger partial charge in [-0.25, -0.2) is 4.57 Å². The highest BCUT2D eigenvalue weighted by Crippen LogP contribution is 2.29. The molecule has 3 aromatic rings. The van der Waals surface area contributed by atoms with E-state index >= 15 is 0 Å². The van der Waals surface area contributed by atoms with Crippen LogP contribution < -0.4 is 14.5 Å². The van der Waals surface area contributed by atoms with E-state index in [0.29, 0.717) is 0 Å². The van der Waals surface area contributed by atoms with E-state index in [-0.39, 0.29) is 0 Å². The minimum absolute atomic E-state index is 1.13. The Morgan fingerprint density at radius 3 is 2.88 bits per heavy atom. The summed E-state index contributed by atoms with van der Waals surface area (Å²) in [6.45, 7) is 1.14. The summed E-state index contributed by atoms with van der Waals surface area (Å²) in [6, 6.07) is 17.2. The predicted octanol–water partition coefficient (Wildman–Crippen LogP) is 3.52. The van der Waals surface area contributed by atoms with Crippen LogP contribution in [0.25, 0.3) is 10.9 Å². The first kappa shape index (κ1) is 16.6. The van der Waals surface area contributed by atoms with Crippen LogP contribution in [0.3, 0.4) is 0 Å². The fraction of sp³-hybridized carbons (Fsp3) is 0.273. The normalized spacial score (nSPS) is 14.0. The number of hydrogen-bond acceptors (Lipinski definition) is 3. The van der Waals surface area contributed by atoms with E-state index in [1.807, 2.05) is 18.3 Å². The Hall–Kier alpha value is -2.88. The van der Waals surface area contributed by atoms with Crippen molar-refractivity contribution < 1.29 is 4.57 Å². The molecule has 1 aliphatic rings. The van der Waals surface area contributed by atoms with Crippen molar-refractivity contribution in [3.05, 3.63) is 65.9 Å². The fourth-order valence-electron chi connectivity index (χ4n) is 3.69. The molecule has 0 saturated carbocycles. The van der Waals surface area contributed by atoms with Gasteiger partial charge < -0.3 is 4.90 Å². The van der Waals surface area contributed by atoms with Gasteiger partial charge in [-0.2, -0.15) is 5.10 Å². The molecule has 0 saturated heterocycles. The number of para-hydroxylation sites is 1. The average Bonchev–Trinajstić information content (AvgIpc) is 2.67. The van der Waals surface area contributed by atoms with Crippen molar-refractivity contribution in [2.45, 2.75) is 12.8 Å². The second-order valence-corrected chi connectivity index (χ2v) is 7.01. The van der Waals surface area contributed by atoms with Gasteiger partial charge in [0, 0.05) is 44.0 Å². The van der Waals surface area contributed by atoms with Crippen molar-refractivity contribution in [3.8, 4) is 0 Å². The number of nitrogens with zero attached hydrogens (tertiary/aromatic N) is 4. The van der Waals surface area contributed by atoms with Gasteiger partial charge in [0.25, 0.3) is 0 Å². The van der Waals surface area contributed by atoms with Crippen LogP contribution >= 0.6 is 0 Å². The van der Waals surface area contributed by atoms with Crippen molar-refractivity contribution in [1.82, 2.24) is 0 Å². The van der Waals surface area contributed by atoms with Crippen molar-refractivity contribution in [1.29, 1.82) is 0 Å². The first-order valence-corrected chi connectivity index (χ1v) is 9.12. The highest BCUT2D eigenvalue weighted by Gasteiger charge is 2.14. The Labute approximate surface area is 155 Å². The van der Waals surface area contributed by atoms with Crippen molar-refractivity contribution >= 4 is 28.5 Å². The number of benzene rings is 2. The third kappa shape index (κ3) is 3.03. The Kier molecular flexibility index (Phi) is 4.33. The van der Waals surface area contributed by atoms with Crippen LogP contribution in [-0.4, -0.2) is 26.9 Å². The number of aromatic nitrogens is 1. The zero-order valence-corrected chi connectivity index (χ0v) is 15.7. The first-order chi connectivity index (χ1) is 12.6. The fourth-order valence-corrected chi connectivity index (χ4v) is 3.69. The molecule has 0 radical (unpaired) electrons. The van der Waals surface area contributed by atoms with Gasteiger partial charge in [0.15, 0.2) is 6.20 Å². The number of hydrazone groups is 1. The molecule has 1 aliphatic heterocycles. The largest absolute Gasteiger partial charge is 0.374 e. The van der Waals surface area contributed by atoms with E-state index in [4.69, 9.17) is 5.10 Å². The second-order valence-electron chi connectivity index (χ2n) is 7.01. The van der Waals surface area contributed by atoms with E-state index < -0.39 is 0 Å². The average molecular weight is 345 g/mol. The molecule has 2 aromatic carbocycles. The van der Waals surface area contributed by atoms with Crippen LogP contribution in [0.1, 0.15) is 17.5 Å². The summed E-state index contributed by atoms with van der Waals surface area (Å²) in [5, 5.41) is 7.86. The third-order valence-corrected chi connectivity index (χ3v) is 5.23. The maximum Gasteiger partial charge on any atom is 0.212 e. The molecule has 26 heavy (non-hydrogen) atoms. The summed E-state index contributed by atoms with van der Waals surface area (Å²) in [6.07, 6.45) is 6.39. The van der Waals surface area contributed by atoms with Crippen molar-refractivity contribution in [3.63, 3.8) is 0 Å². The molecule has 0 aliphatic carbocycles. The quantitative estimate of drug-likeness (QED) is 0.412. The second kappa shape index (κ2) is 6.79. The number of fused-ring (bicyclic) bond motifs is 2. The molecule has 0 spiro atoms. The number of anilines is 2. The maximum atomic E-state index is 4.70. The van der Waals surface area contributed by atoms with E-state index in [2.05, 4.69) is 78.3 Å². The van der Waals surface area contributed by atoms with Gasteiger partial charge >= 0.3 is 0 Å². The minimum Gasteiger partial charge on any atom is -0.374 e. The van der Waals surface area contributed by atoms with E-state index in [9.17, 15) is 0 Å². The highest BCUT2D eigenvalue weighted by molar-refractivity contribution is 5.97. The Balaban J connectivity index is 1.63. The number of aryl methyl sites for hydroxylation is 2. The van der Waals surface area contributed by atoms with Gasteiger partial charge in [-0.3, -0.25) is 5.01 Å². The molecule has 132 valence electrons. The molecule has 4 nitrogen and oxygen atoms in total. The molecular formula is C22H25N4+. The van der Waals surface area contributed by atoms with Crippen LogP contribution in [0.4, 0.5) is 11.4 Å². The standard InChI is InChI=1S/C22H25N4/c1-24-13-6-7-17-15-19(10-11-21(17)24)26(3)23-16-18-12-14-25(2)22-9-5-4-8-20(18)22/h4-5,8-12,14-16H,6-7,13H2,1-3H3/q+1. The van der Waals surface area contributed by atoms with Crippen molar-refractivity contribution in [2.75, 3.05) is 30.5 Å². The van der Waals surface area contributed by atoms with E-state index in [1.165, 1.54) is 28.6 Å². The monoisotopic (exact) mass is 345 g/mol. The van der Waals surface area contributed by atoms with Crippen LogP contribution in [0.5, 0.6) is 0 Å². The lowest BCUT2D eigenvalue weighted by Crippen LogP contribution is -2.28. The van der Waals surface area contributed by atoms with Gasteiger partial charge in [0.2, 0.25) is 5.52 Å². The lowest BCUT2D eigenvalue weighted by Gasteiger charge is -2.28. The molecule has 2 heterocycles. The molecule has 1 aromatic heterocycles. The zero-order chi connectivity index (χ0) is 18.1. The summed E-state index contributed by atoms with van der Waals surface area (Å²) in [4.78, 5) is 2.34. The smallest absolute Gasteiger partial charge is 0.212 e. The number of hydrogen-bond donors (Lipinski definition) is 0. The summed E-state index contributed by atoms with van der Waals surface area (Å²) in [5.74, 6) is 0. The third-order valence-electron chi connectivity index (χ3n) is 5.23. The first-order valence-electron chi connectivity index (χ1n) is 9.12. The molecule has 0 fully saturated rings. The highest BCUT2D eigenvalue weighted by atomic mass is 15.4. The minimum atomic E-state index is 1.13. The Bertz CT molecular complexity index is 977. The molecule has 0 bridgehead atoms. The van der Waals surface area contributed by atoms with Gasteiger partial charge in [-0.05, 0) is 42.7 Å². The maximum absolute atomic E-state index is 4.70. The predicted molar refractivity (Wildman–Crippen MR) is 109 cm³/mol. The summed E-state index contributed by atoms with van der Waals surface area (Å²) in [7, 11) is 6.25. The van der Waals surface area contributed by atoms with Crippen LogP contribution in [0.15, 0.2) is 59.8 Å². The summed E-state index contributed by atoms with van der Waals surface area (Å²) in [5.41, 5.74) is 6.22. The van der Waals surface area contributed by atoms with Gasteiger partial charge in [-0.15, -0.1) is 0 Å². The van der Waals surface area contributed by atoms with Gasteiger partial charge in [-0.1, -0.05) is 12.1 Å². The van der Waals surface area contributed by atoms with E-state index in [0.717, 1.165) is 24.2 Å². The van der Waals surface area contributed by atoms with Crippen LogP contribution in [0, 0.1) is 0 Å². The number of pyridine rings is 1.